The van der Waals surface area contributed by atoms with E-state index in [9.17, 15) is 9.59 Å². The molecule has 0 aromatic rings. The zero-order valence-corrected chi connectivity index (χ0v) is 13.1. The molecule has 6 heteroatoms. The van der Waals surface area contributed by atoms with Crippen molar-refractivity contribution in [2.24, 2.45) is 11.8 Å². The van der Waals surface area contributed by atoms with Crippen LogP contribution in [0.5, 0.6) is 0 Å². The second-order valence-corrected chi connectivity index (χ2v) is 5.82. The quantitative estimate of drug-likeness (QED) is 0.427. The number of rotatable bonds is 11. The first-order chi connectivity index (χ1) is 10.8. The minimum absolute atomic E-state index is 0.0978. The lowest BCUT2D eigenvalue weighted by atomic mass is 9.86. The highest BCUT2D eigenvalue weighted by Gasteiger charge is 2.27. The molecular formula is C16H26O6. The van der Waals surface area contributed by atoms with Crippen molar-refractivity contribution in [1.82, 2.24) is 0 Å². The van der Waals surface area contributed by atoms with Crippen LogP contribution < -0.4 is 0 Å². The van der Waals surface area contributed by atoms with Gasteiger partial charge in [-0.25, -0.2) is 0 Å². The van der Waals surface area contributed by atoms with E-state index in [2.05, 4.69) is 0 Å². The van der Waals surface area contributed by atoms with Crippen molar-refractivity contribution in [2.45, 2.75) is 38.5 Å². The summed E-state index contributed by atoms with van der Waals surface area (Å²) in [7, 11) is 0. The molecule has 0 bridgehead atoms. The Morgan fingerprint density at radius 1 is 0.636 bits per heavy atom. The molecule has 0 radical (unpaired) electrons. The molecule has 2 saturated carbocycles. The van der Waals surface area contributed by atoms with Crippen molar-refractivity contribution in [3.8, 4) is 0 Å². The molecule has 0 aromatic heterocycles. The number of carbonyl (C=O) groups is 2. The number of ether oxygens (including phenoxy) is 4. The molecule has 0 N–H and O–H groups in total. The van der Waals surface area contributed by atoms with E-state index in [1.807, 2.05) is 0 Å². The lowest BCUT2D eigenvalue weighted by Crippen LogP contribution is -2.26. The molecule has 2 rings (SSSR count). The van der Waals surface area contributed by atoms with Crippen LogP contribution in [0.4, 0.5) is 0 Å². The van der Waals surface area contributed by atoms with Gasteiger partial charge in [0.25, 0.3) is 0 Å². The third-order valence-electron chi connectivity index (χ3n) is 4.19. The Kier molecular flexibility index (Phi) is 7.66. The van der Waals surface area contributed by atoms with Gasteiger partial charge in [0.1, 0.15) is 13.2 Å². The molecule has 0 spiro atoms. The molecule has 6 nitrogen and oxygen atoms in total. The molecule has 0 aliphatic heterocycles. The first-order valence-corrected chi connectivity index (χ1v) is 8.26. The summed E-state index contributed by atoms with van der Waals surface area (Å²) < 4.78 is 20.8. The largest absolute Gasteiger partial charge is 0.463 e. The number of hydrogen-bond acceptors (Lipinski definition) is 6. The Morgan fingerprint density at radius 3 is 1.32 bits per heavy atom. The summed E-state index contributed by atoms with van der Waals surface area (Å²) >= 11 is 0. The third-order valence-corrected chi connectivity index (χ3v) is 4.19. The lowest BCUT2D eigenvalue weighted by Gasteiger charge is -2.23. The maximum atomic E-state index is 11.4. The summed E-state index contributed by atoms with van der Waals surface area (Å²) in [5, 5.41) is 0. The van der Waals surface area contributed by atoms with Crippen LogP contribution in [0.2, 0.25) is 0 Å². The Labute approximate surface area is 131 Å². The normalized spacial score (nSPS) is 18.4. The van der Waals surface area contributed by atoms with Crippen molar-refractivity contribution in [1.29, 1.82) is 0 Å². The standard InChI is InChI=1S/C16H26O6/c17-15(13-3-1-4-13)21-11-9-19-7-8-20-10-12-22-16(18)14-5-2-6-14/h13-14H,1-12H2. The average Bonchev–Trinajstić information content (AvgIpc) is 2.36. The van der Waals surface area contributed by atoms with Gasteiger partial charge >= 0.3 is 11.9 Å². The maximum Gasteiger partial charge on any atom is 0.309 e. The molecule has 0 atom stereocenters. The van der Waals surface area contributed by atoms with Gasteiger partial charge in [0.05, 0.1) is 38.3 Å². The van der Waals surface area contributed by atoms with Crippen LogP contribution in [0.15, 0.2) is 0 Å². The summed E-state index contributed by atoms with van der Waals surface area (Å²) in [6, 6.07) is 0. The van der Waals surface area contributed by atoms with E-state index in [1.165, 1.54) is 0 Å². The van der Waals surface area contributed by atoms with Crippen LogP contribution in [0.3, 0.4) is 0 Å². The fraction of sp³-hybridized carbons (Fsp3) is 0.875. The van der Waals surface area contributed by atoms with Crippen LogP contribution in [0.1, 0.15) is 38.5 Å². The van der Waals surface area contributed by atoms with Gasteiger partial charge in [-0.3, -0.25) is 9.59 Å². The average molecular weight is 314 g/mol. The van der Waals surface area contributed by atoms with E-state index in [0.717, 1.165) is 38.5 Å². The number of carbonyl (C=O) groups excluding carboxylic acids is 2. The predicted molar refractivity (Wildman–Crippen MR) is 78.2 cm³/mol. The van der Waals surface area contributed by atoms with Gasteiger partial charge in [0.15, 0.2) is 0 Å². The Bertz CT molecular complexity index is 315. The van der Waals surface area contributed by atoms with E-state index >= 15 is 0 Å². The van der Waals surface area contributed by atoms with E-state index in [1.54, 1.807) is 0 Å². The first-order valence-electron chi connectivity index (χ1n) is 8.26. The van der Waals surface area contributed by atoms with E-state index in [4.69, 9.17) is 18.9 Å². The molecule has 126 valence electrons. The van der Waals surface area contributed by atoms with Crippen LogP contribution >= 0.6 is 0 Å². The van der Waals surface area contributed by atoms with Crippen molar-refractivity contribution in [3.63, 3.8) is 0 Å². The Balaban J connectivity index is 1.29. The van der Waals surface area contributed by atoms with Crippen LogP contribution in [0.25, 0.3) is 0 Å². The molecular weight excluding hydrogens is 288 g/mol. The van der Waals surface area contributed by atoms with E-state index in [-0.39, 0.29) is 23.8 Å². The Hall–Kier alpha value is -1.14. The van der Waals surface area contributed by atoms with Crippen molar-refractivity contribution >= 4 is 11.9 Å². The summed E-state index contributed by atoms with van der Waals surface area (Å²) in [5.74, 6) is 0.0377. The molecule has 2 aliphatic rings. The highest BCUT2D eigenvalue weighted by Crippen LogP contribution is 2.27. The van der Waals surface area contributed by atoms with Gasteiger partial charge in [-0.05, 0) is 25.7 Å². The second-order valence-electron chi connectivity index (χ2n) is 5.82. The van der Waals surface area contributed by atoms with Gasteiger partial charge in [0, 0.05) is 0 Å². The molecule has 0 amide bonds. The molecule has 0 unspecified atom stereocenters. The smallest absolute Gasteiger partial charge is 0.309 e. The SMILES string of the molecule is O=C(OCCOCCOCCOC(=O)C1CCC1)C1CCC1. The minimum atomic E-state index is -0.0978. The number of hydrogen-bond donors (Lipinski definition) is 0. The highest BCUT2D eigenvalue weighted by molar-refractivity contribution is 5.73. The summed E-state index contributed by atoms with van der Waals surface area (Å²) in [6.45, 7) is 2.26. The topological polar surface area (TPSA) is 71.1 Å². The van der Waals surface area contributed by atoms with Crippen LogP contribution in [0, 0.1) is 11.8 Å². The fourth-order valence-electron chi connectivity index (χ4n) is 2.25. The Morgan fingerprint density at radius 2 is 1.00 bits per heavy atom. The van der Waals surface area contributed by atoms with Gasteiger partial charge in [0.2, 0.25) is 0 Å². The van der Waals surface area contributed by atoms with Gasteiger partial charge in [-0.1, -0.05) is 12.8 Å². The van der Waals surface area contributed by atoms with Crippen LogP contribution in [-0.2, 0) is 28.5 Å². The van der Waals surface area contributed by atoms with E-state index in [0.29, 0.717) is 39.6 Å². The summed E-state index contributed by atoms with van der Waals surface area (Å²) in [4.78, 5) is 22.8. The van der Waals surface area contributed by atoms with Crippen molar-refractivity contribution < 1.29 is 28.5 Å². The second kappa shape index (κ2) is 9.79. The zero-order chi connectivity index (χ0) is 15.6. The van der Waals surface area contributed by atoms with Gasteiger partial charge < -0.3 is 18.9 Å². The third kappa shape index (κ3) is 5.93. The first kappa shape index (κ1) is 17.2. The molecule has 0 aromatic carbocycles. The van der Waals surface area contributed by atoms with E-state index < -0.39 is 0 Å². The minimum Gasteiger partial charge on any atom is -0.463 e. The highest BCUT2D eigenvalue weighted by atomic mass is 16.6. The predicted octanol–water partition coefficient (Wildman–Crippen LogP) is 1.71. The molecule has 2 fully saturated rings. The molecule has 2 aliphatic carbocycles. The van der Waals surface area contributed by atoms with Gasteiger partial charge in [-0.15, -0.1) is 0 Å². The molecule has 0 heterocycles. The van der Waals surface area contributed by atoms with Gasteiger partial charge in [-0.2, -0.15) is 0 Å². The fourth-order valence-corrected chi connectivity index (χ4v) is 2.25. The lowest BCUT2D eigenvalue weighted by molar-refractivity contribution is -0.154. The maximum absolute atomic E-state index is 11.4. The van der Waals surface area contributed by atoms with Crippen molar-refractivity contribution in [2.75, 3.05) is 39.6 Å². The van der Waals surface area contributed by atoms with Crippen LogP contribution in [-0.4, -0.2) is 51.6 Å². The monoisotopic (exact) mass is 314 g/mol. The zero-order valence-electron chi connectivity index (χ0n) is 13.1. The molecule has 22 heavy (non-hydrogen) atoms. The summed E-state index contributed by atoms with van der Waals surface area (Å²) in [5.41, 5.74) is 0. The summed E-state index contributed by atoms with van der Waals surface area (Å²) in [6.07, 6.45) is 6.09. The molecule has 0 saturated heterocycles. The van der Waals surface area contributed by atoms with Crippen molar-refractivity contribution in [3.05, 3.63) is 0 Å². The number of esters is 2.